The van der Waals surface area contributed by atoms with Gasteiger partial charge >= 0.3 is 0 Å². The molecule has 0 amide bonds. The van der Waals surface area contributed by atoms with Crippen molar-refractivity contribution in [3.05, 3.63) is 30.1 Å². The number of rotatable bonds is 3. The van der Waals surface area contributed by atoms with E-state index < -0.39 is 0 Å². The molecule has 0 N–H and O–H groups in total. The van der Waals surface area contributed by atoms with Crippen LogP contribution in [0.25, 0.3) is 0 Å². The molecule has 0 fully saturated rings. The molecule has 0 unspecified atom stereocenters. The third-order valence-electron chi connectivity index (χ3n) is 1.62. The molecule has 0 aliphatic rings. The number of aromatic nitrogens is 1. The Labute approximate surface area is 99.1 Å². The Morgan fingerprint density at radius 1 is 1.54 bits per heavy atom. The van der Waals surface area contributed by atoms with Crippen molar-refractivity contribution in [2.45, 2.75) is 18.6 Å². The van der Waals surface area contributed by atoms with Gasteiger partial charge in [-0.2, -0.15) is 0 Å². The van der Waals surface area contributed by atoms with Gasteiger partial charge in [0, 0.05) is 34.8 Å². The fourth-order valence-electron chi connectivity index (χ4n) is 0.877. The van der Waals surface area contributed by atoms with Crippen molar-refractivity contribution in [3.63, 3.8) is 0 Å². The Balaban J connectivity index is 0.00000144. The molecule has 1 atom stereocenters. The summed E-state index contributed by atoms with van der Waals surface area (Å²) in [6.07, 6.45) is 4.04. The summed E-state index contributed by atoms with van der Waals surface area (Å²) in [5.74, 6) is 0.0572. The van der Waals surface area contributed by atoms with Crippen LogP contribution in [0.3, 0.4) is 0 Å². The van der Waals surface area contributed by atoms with E-state index in [1.807, 2.05) is 12.1 Å². The number of pyridine rings is 1. The normalized spacial score (nSPS) is 11.5. The summed E-state index contributed by atoms with van der Waals surface area (Å²) in [4.78, 5) is 14.7. The number of hydrogen-bond donors (Lipinski definition) is 0. The van der Waals surface area contributed by atoms with Gasteiger partial charge in [-0.15, -0.1) is 5.25 Å². The van der Waals surface area contributed by atoms with Crippen molar-refractivity contribution >= 4 is 18.4 Å². The number of Topliss-reactive ketones (excluding diaryl/α,β-unsaturated/α-hetero) is 1. The standard InChI is InChI=1S/C9H11NOS.Nb/c1-7(11)9(12)6-8-2-4-10-5-3-8;/h2-5,9,12H,6H2,1H3;/p-1/t9-;/m0./s1. The molecule has 0 saturated carbocycles. The van der Waals surface area contributed by atoms with E-state index in [4.69, 9.17) is 12.6 Å². The molecule has 1 radical (unpaired) electrons. The van der Waals surface area contributed by atoms with E-state index >= 15 is 0 Å². The number of hydrogen-bond acceptors (Lipinski definition) is 3. The fraction of sp³-hybridized carbons (Fsp3) is 0.333. The smallest absolute Gasteiger partial charge is 0.109 e. The van der Waals surface area contributed by atoms with Crippen molar-refractivity contribution < 1.29 is 27.2 Å². The quantitative estimate of drug-likeness (QED) is 0.611. The van der Waals surface area contributed by atoms with Gasteiger partial charge in [-0.3, -0.25) is 4.98 Å². The van der Waals surface area contributed by atoms with Crippen LogP contribution in [-0.4, -0.2) is 16.0 Å². The minimum absolute atomic E-state index is 0. The summed E-state index contributed by atoms with van der Waals surface area (Å²) in [7, 11) is 0. The molecular weight excluding hydrogens is 263 g/mol. The fourth-order valence-corrected chi connectivity index (χ4v) is 1.07. The SMILES string of the molecule is CC(=O)[C@@H]([S-])Cc1ccncc1.[Nb]. The third-order valence-corrected chi connectivity index (χ3v) is 2.12. The van der Waals surface area contributed by atoms with E-state index in [9.17, 15) is 4.79 Å². The Hall–Kier alpha value is -0.0897. The van der Waals surface area contributed by atoms with Crippen LogP contribution in [-0.2, 0) is 46.2 Å². The van der Waals surface area contributed by atoms with Crippen molar-refractivity contribution in [1.29, 1.82) is 0 Å². The van der Waals surface area contributed by atoms with E-state index in [1.165, 1.54) is 6.92 Å². The predicted octanol–water partition coefficient (Wildman–Crippen LogP) is 1.13. The largest absolute Gasteiger partial charge is 0.781 e. The molecule has 1 aromatic rings. The number of carbonyl (C=O) groups excluding carboxylic acids is 1. The first-order valence-electron chi connectivity index (χ1n) is 3.75. The monoisotopic (exact) mass is 273 g/mol. The first-order valence-corrected chi connectivity index (χ1v) is 4.22. The van der Waals surface area contributed by atoms with E-state index in [2.05, 4.69) is 4.98 Å². The zero-order valence-electron chi connectivity index (χ0n) is 7.30. The Kier molecular flexibility index (Phi) is 6.33. The molecular formula is C9H10NNbOS-. The summed E-state index contributed by atoms with van der Waals surface area (Å²) in [5, 5.41) is -0.299. The average Bonchev–Trinajstić information content (AvgIpc) is 2.06. The van der Waals surface area contributed by atoms with E-state index in [1.54, 1.807) is 12.4 Å². The van der Waals surface area contributed by atoms with Crippen LogP contribution in [0.15, 0.2) is 24.5 Å². The minimum Gasteiger partial charge on any atom is -0.781 e. The van der Waals surface area contributed by atoms with Crippen LogP contribution in [0, 0.1) is 0 Å². The molecule has 0 aromatic carbocycles. The summed E-state index contributed by atoms with van der Waals surface area (Å²) in [6, 6.07) is 3.75. The van der Waals surface area contributed by atoms with Crippen LogP contribution in [0.5, 0.6) is 0 Å². The maximum Gasteiger partial charge on any atom is 0.109 e. The zero-order valence-corrected chi connectivity index (χ0v) is 10.3. The summed E-state index contributed by atoms with van der Waals surface area (Å²) < 4.78 is 0. The minimum atomic E-state index is -0.299. The Morgan fingerprint density at radius 3 is 2.54 bits per heavy atom. The maximum absolute atomic E-state index is 10.8. The van der Waals surface area contributed by atoms with Crippen molar-refractivity contribution in [3.8, 4) is 0 Å². The summed E-state index contributed by atoms with van der Waals surface area (Å²) in [6.45, 7) is 1.53. The molecule has 0 bridgehead atoms. The topological polar surface area (TPSA) is 30.0 Å². The van der Waals surface area contributed by atoms with Gasteiger partial charge < -0.3 is 17.4 Å². The second-order valence-corrected chi connectivity index (χ2v) is 3.23. The Morgan fingerprint density at radius 2 is 2.08 bits per heavy atom. The first kappa shape index (κ1) is 12.9. The average molecular weight is 273 g/mol. The van der Waals surface area contributed by atoms with Gasteiger partial charge in [0.15, 0.2) is 0 Å². The second kappa shape index (κ2) is 6.38. The van der Waals surface area contributed by atoms with Crippen molar-refractivity contribution in [2.75, 3.05) is 0 Å². The zero-order chi connectivity index (χ0) is 8.97. The molecule has 1 aromatic heterocycles. The predicted molar refractivity (Wildman–Crippen MR) is 49.8 cm³/mol. The molecule has 0 aliphatic carbocycles. The molecule has 2 nitrogen and oxygen atoms in total. The second-order valence-electron chi connectivity index (χ2n) is 2.66. The van der Waals surface area contributed by atoms with Crippen molar-refractivity contribution in [2.24, 2.45) is 0 Å². The number of nitrogens with zero attached hydrogens (tertiary/aromatic N) is 1. The van der Waals surface area contributed by atoms with Gasteiger partial charge in [-0.05, 0) is 31.0 Å². The summed E-state index contributed by atoms with van der Waals surface area (Å²) >= 11 is 4.97. The molecule has 69 valence electrons. The molecule has 13 heavy (non-hydrogen) atoms. The van der Waals surface area contributed by atoms with Crippen LogP contribution >= 0.6 is 0 Å². The van der Waals surface area contributed by atoms with E-state index in [0.29, 0.717) is 6.42 Å². The van der Waals surface area contributed by atoms with Crippen LogP contribution in [0.2, 0.25) is 0 Å². The van der Waals surface area contributed by atoms with Crippen LogP contribution in [0.1, 0.15) is 12.5 Å². The Bertz CT molecular complexity index is 266. The maximum atomic E-state index is 10.8. The van der Waals surface area contributed by atoms with Crippen LogP contribution in [0.4, 0.5) is 0 Å². The molecule has 1 rings (SSSR count). The van der Waals surface area contributed by atoms with E-state index in [0.717, 1.165) is 5.56 Å². The van der Waals surface area contributed by atoms with Crippen molar-refractivity contribution in [1.82, 2.24) is 4.98 Å². The summed E-state index contributed by atoms with van der Waals surface area (Å²) in [5.41, 5.74) is 1.07. The third kappa shape index (κ3) is 4.62. The van der Waals surface area contributed by atoms with Gasteiger partial charge in [0.2, 0.25) is 0 Å². The first-order chi connectivity index (χ1) is 5.70. The van der Waals surface area contributed by atoms with Crippen LogP contribution < -0.4 is 0 Å². The van der Waals surface area contributed by atoms with Gasteiger partial charge in [0.05, 0.1) is 0 Å². The van der Waals surface area contributed by atoms with Gasteiger partial charge in [-0.25, -0.2) is 0 Å². The molecule has 0 spiro atoms. The van der Waals surface area contributed by atoms with Gasteiger partial charge in [-0.1, -0.05) is 0 Å². The molecule has 0 aliphatic heterocycles. The molecule has 1 heterocycles. The number of carbonyl (C=O) groups is 1. The number of ketones is 1. The van der Waals surface area contributed by atoms with Gasteiger partial charge in [0.1, 0.15) is 5.78 Å². The molecule has 4 heteroatoms. The molecule has 0 saturated heterocycles. The van der Waals surface area contributed by atoms with E-state index in [-0.39, 0.29) is 33.4 Å². The van der Waals surface area contributed by atoms with Gasteiger partial charge in [0.25, 0.3) is 0 Å².